The van der Waals surface area contributed by atoms with Crippen LogP contribution >= 0.6 is 0 Å². The molecule has 1 unspecified atom stereocenters. The predicted octanol–water partition coefficient (Wildman–Crippen LogP) is 3.21. The summed E-state index contributed by atoms with van der Waals surface area (Å²) in [6.07, 6.45) is 6.09. The maximum atomic E-state index is 12.1. The smallest absolute Gasteiger partial charge is 0.310 e. The average molecular weight is 283 g/mol. The molecule has 4 heteroatoms. The standard InChI is InChI=1S/C16H29NO3/c1-12(2)16(4,14(19)20)10-13(18)17-11-15(3)8-6-5-7-9-15/h12H,5-11H2,1-4H3,(H,17,18)(H,19,20). The van der Waals surface area contributed by atoms with Crippen LogP contribution in [0, 0.1) is 16.7 Å². The van der Waals surface area contributed by atoms with Crippen molar-refractivity contribution in [3.05, 3.63) is 0 Å². The van der Waals surface area contributed by atoms with Gasteiger partial charge < -0.3 is 10.4 Å². The van der Waals surface area contributed by atoms with E-state index in [-0.39, 0.29) is 23.7 Å². The molecule has 4 nitrogen and oxygen atoms in total. The third-order valence-electron chi connectivity index (χ3n) is 5.06. The summed E-state index contributed by atoms with van der Waals surface area (Å²) in [4.78, 5) is 23.5. The van der Waals surface area contributed by atoms with Crippen molar-refractivity contribution in [2.24, 2.45) is 16.7 Å². The van der Waals surface area contributed by atoms with Crippen molar-refractivity contribution in [1.29, 1.82) is 0 Å². The molecular weight excluding hydrogens is 254 g/mol. The fourth-order valence-corrected chi connectivity index (χ4v) is 2.82. The van der Waals surface area contributed by atoms with Crippen LogP contribution in [0.1, 0.15) is 66.2 Å². The van der Waals surface area contributed by atoms with Crippen molar-refractivity contribution >= 4 is 11.9 Å². The summed E-state index contributed by atoms with van der Waals surface area (Å²) in [6, 6.07) is 0. The van der Waals surface area contributed by atoms with E-state index in [1.807, 2.05) is 13.8 Å². The minimum absolute atomic E-state index is 0.0517. The number of amides is 1. The molecule has 0 bridgehead atoms. The summed E-state index contributed by atoms with van der Waals surface area (Å²) in [7, 11) is 0. The van der Waals surface area contributed by atoms with Crippen molar-refractivity contribution in [2.45, 2.75) is 66.2 Å². The summed E-state index contributed by atoms with van der Waals surface area (Å²) in [5.74, 6) is -1.11. The van der Waals surface area contributed by atoms with Crippen LogP contribution in [0.3, 0.4) is 0 Å². The van der Waals surface area contributed by atoms with E-state index in [9.17, 15) is 14.7 Å². The molecule has 20 heavy (non-hydrogen) atoms. The van der Waals surface area contributed by atoms with Crippen molar-refractivity contribution in [1.82, 2.24) is 5.32 Å². The number of aliphatic carboxylic acids is 1. The van der Waals surface area contributed by atoms with E-state index in [1.165, 1.54) is 19.3 Å². The highest BCUT2D eigenvalue weighted by Crippen LogP contribution is 2.35. The van der Waals surface area contributed by atoms with E-state index in [1.54, 1.807) is 6.92 Å². The number of carboxylic acids is 1. The van der Waals surface area contributed by atoms with Crippen LogP contribution < -0.4 is 5.32 Å². The van der Waals surface area contributed by atoms with Gasteiger partial charge >= 0.3 is 5.97 Å². The number of hydrogen-bond acceptors (Lipinski definition) is 2. The van der Waals surface area contributed by atoms with E-state index < -0.39 is 11.4 Å². The van der Waals surface area contributed by atoms with Gasteiger partial charge in [-0.15, -0.1) is 0 Å². The van der Waals surface area contributed by atoms with Crippen LogP contribution in [0.15, 0.2) is 0 Å². The molecule has 1 rings (SSSR count). The van der Waals surface area contributed by atoms with Gasteiger partial charge in [0.05, 0.1) is 5.41 Å². The molecule has 0 saturated heterocycles. The van der Waals surface area contributed by atoms with E-state index in [4.69, 9.17) is 0 Å². The third-order valence-corrected chi connectivity index (χ3v) is 5.06. The van der Waals surface area contributed by atoms with Crippen molar-refractivity contribution in [3.8, 4) is 0 Å². The molecule has 0 heterocycles. The Morgan fingerprint density at radius 1 is 1.25 bits per heavy atom. The fourth-order valence-electron chi connectivity index (χ4n) is 2.82. The first kappa shape index (κ1) is 17.0. The highest BCUT2D eigenvalue weighted by atomic mass is 16.4. The molecule has 1 fully saturated rings. The zero-order valence-corrected chi connectivity index (χ0v) is 13.3. The van der Waals surface area contributed by atoms with Gasteiger partial charge in [0.25, 0.3) is 0 Å². The number of carboxylic acid groups (broad SMARTS) is 1. The van der Waals surface area contributed by atoms with Crippen LogP contribution in [0.5, 0.6) is 0 Å². The van der Waals surface area contributed by atoms with Crippen molar-refractivity contribution in [3.63, 3.8) is 0 Å². The molecule has 1 amide bonds. The molecular formula is C16H29NO3. The predicted molar refractivity (Wildman–Crippen MR) is 79.4 cm³/mol. The summed E-state index contributed by atoms with van der Waals surface area (Å²) in [5, 5.41) is 12.3. The largest absolute Gasteiger partial charge is 0.481 e. The fraction of sp³-hybridized carbons (Fsp3) is 0.875. The number of carbonyl (C=O) groups is 2. The first-order chi connectivity index (χ1) is 9.19. The number of nitrogens with one attached hydrogen (secondary N) is 1. The monoisotopic (exact) mass is 283 g/mol. The van der Waals surface area contributed by atoms with Gasteiger partial charge in [-0.2, -0.15) is 0 Å². The molecule has 0 aliphatic heterocycles. The second kappa shape index (κ2) is 6.59. The SMILES string of the molecule is CC(C)C(C)(CC(=O)NCC1(C)CCCCC1)C(=O)O. The summed E-state index contributed by atoms with van der Waals surface area (Å²) >= 11 is 0. The number of carbonyl (C=O) groups excluding carboxylic acids is 1. The summed E-state index contributed by atoms with van der Waals surface area (Å²) < 4.78 is 0. The van der Waals surface area contributed by atoms with Gasteiger partial charge in [-0.3, -0.25) is 9.59 Å². The lowest BCUT2D eigenvalue weighted by atomic mass is 9.75. The van der Waals surface area contributed by atoms with E-state index in [0.717, 1.165) is 12.8 Å². The van der Waals surface area contributed by atoms with E-state index in [0.29, 0.717) is 6.54 Å². The van der Waals surface area contributed by atoms with Crippen LogP contribution in [0.25, 0.3) is 0 Å². The lowest BCUT2D eigenvalue weighted by Crippen LogP contribution is -2.42. The second-order valence-corrected chi connectivity index (χ2v) is 7.20. The Labute approximate surface area is 122 Å². The maximum absolute atomic E-state index is 12.1. The van der Waals surface area contributed by atoms with E-state index >= 15 is 0 Å². The quantitative estimate of drug-likeness (QED) is 0.786. The Kier molecular flexibility index (Phi) is 5.60. The Hall–Kier alpha value is -1.06. The van der Waals surface area contributed by atoms with Crippen molar-refractivity contribution in [2.75, 3.05) is 6.54 Å². The Balaban J connectivity index is 2.52. The molecule has 1 aliphatic rings. The summed E-state index contributed by atoms with van der Waals surface area (Å²) in [6.45, 7) is 8.24. The van der Waals surface area contributed by atoms with Crippen LogP contribution in [-0.4, -0.2) is 23.5 Å². The first-order valence-corrected chi connectivity index (χ1v) is 7.70. The van der Waals surface area contributed by atoms with Gasteiger partial charge in [0.1, 0.15) is 0 Å². The molecule has 2 N–H and O–H groups in total. The second-order valence-electron chi connectivity index (χ2n) is 7.20. The van der Waals surface area contributed by atoms with Crippen LogP contribution in [0.2, 0.25) is 0 Å². The topological polar surface area (TPSA) is 66.4 Å². The molecule has 0 aromatic rings. The summed E-state index contributed by atoms with van der Waals surface area (Å²) in [5.41, 5.74) is -0.803. The van der Waals surface area contributed by atoms with Gasteiger partial charge in [0.15, 0.2) is 0 Å². The molecule has 0 spiro atoms. The molecule has 0 radical (unpaired) electrons. The Bertz CT molecular complexity index is 359. The molecule has 0 aromatic heterocycles. The van der Waals surface area contributed by atoms with Crippen LogP contribution in [-0.2, 0) is 9.59 Å². The highest BCUT2D eigenvalue weighted by Gasteiger charge is 2.39. The first-order valence-electron chi connectivity index (χ1n) is 7.70. The minimum atomic E-state index is -0.989. The highest BCUT2D eigenvalue weighted by molar-refractivity contribution is 5.84. The van der Waals surface area contributed by atoms with Gasteiger partial charge in [-0.05, 0) is 31.1 Å². The average Bonchev–Trinajstić information content (AvgIpc) is 2.37. The van der Waals surface area contributed by atoms with Crippen LogP contribution in [0.4, 0.5) is 0 Å². The molecule has 0 aromatic carbocycles. The zero-order chi connectivity index (χ0) is 15.4. The minimum Gasteiger partial charge on any atom is -0.481 e. The van der Waals surface area contributed by atoms with Gasteiger partial charge in [0.2, 0.25) is 5.91 Å². The Morgan fingerprint density at radius 3 is 2.25 bits per heavy atom. The lowest BCUT2D eigenvalue weighted by Gasteiger charge is -2.34. The lowest BCUT2D eigenvalue weighted by molar-refractivity contribution is -0.153. The molecule has 116 valence electrons. The van der Waals surface area contributed by atoms with Gasteiger partial charge in [-0.25, -0.2) is 0 Å². The maximum Gasteiger partial charge on any atom is 0.310 e. The number of hydrogen-bond donors (Lipinski definition) is 2. The molecule has 1 saturated carbocycles. The molecule has 1 aliphatic carbocycles. The number of rotatable bonds is 6. The van der Waals surface area contributed by atoms with Crippen molar-refractivity contribution < 1.29 is 14.7 Å². The zero-order valence-electron chi connectivity index (χ0n) is 13.3. The van der Waals surface area contributed by atoms with Gasteiger partial charge in [-0.1, -0.05) is 40.0 Å². The van der Waals surface area contributed by atoms with Gasteiger partial charge in [0, 0.05) is 13.0 Å². The van der Waals surface area contributed by atoms with E-state index in [2.05, 4.69) is 12.2 Å². The Morgan fingerprint density at radius 2 is 1.80 bits per heavy atom. The normalized spacial score (nSPS) is 21.2. The third kappa shape index (κ3) is 4.22. The molecule has 1 atom stereocenters.